The minimum absolute atomic E-state index is 0.0433. The van der Waals surface area contributed by atoms with Crippen molar-refractivity contribution in [2.75, 3.05) is 13.2 Å². The van der Waals surface area contributed by atoms with Gasteiger partial charge in [0, 0.05) is 18.6 Å². The van der Waals surface area contributed by atoms with Gasteiger partial charge in [0.1, 0.15) is 5.82 Å². The first-order valence-corrected chi connectivity index (χ1v) is 11.5. The van der Waals surface area contributed by atoms with Crippen LogP contribution in [0.3, 0.4) is 0 Å². The van der Waals surface area contributed by atoms with Crippen LogP contribution in [0, 0.1) is 5.82 Å². The van der Waals surface area contributed by atoms with Crippen molar-refractivity contribution in [3.8, 4) is 0 Å². The number of hydrogen-bond donors (Lipinski definition) is 2. The Balaban J connectivity index is 0.000000509. The molecule has 2 N–H and O–H groups in total. The molecule has 0 bridgehead atoms. The van der Waals surface area contributed by atoms with E-state index in [0.717, 1.165) is 51.8 Å². The zero-order valence-corrected chi connectivity index (χ0v) is 19.6. The maximum absolute atomic E-state index is 13.5. The number of benzene rings is 2. The van der Waals surface area contributed by atoms with Gasteiger partial charge in [0.2, 0.25) is 0 Å². The summed E-state index contributed by atoms with van der Waals surface area (Å²) in [6.45, 7) is 7.03. The Morgan fingerprint density at radius 1 is 1.06 bits per heavy atom. The quantitative estimate of drug-likeness (QED) is 0.344. The molecule has 0 spiro atoms. The summed E-state index contributed by atoms with van der Waals surface area (Å²) in [6, 6.07) is 17.7. The predicted molar refractivity (Wildman–Crippen MR) is 123 cm³/mol. The summed E-state index contributed by atoms with van der Waals surface area (Å²) in [5.41, 5.74) is 2.53. The molecule has 1 saturated heterocycles. The minimum Gasteiger partial charge on any atom is -0.475 e. The van der Waals surface area contributed by atoms with E-state index < -0.39 is 12.1 Å². The lowest BCUT2D eigenvalue weighted by atomic mass is 9.65. The third-order valence-electron chi connectivity index (χ3n) is 6.59. The van der Waals surface area contributed by atoms with Crippen LogP contribution in [0.2, 0.25) is 0 Å². The van der Waals surface area contributed by atoms with Crippen LogP contribution in [0.25, 0.3) is 0 Å². The molecular formula is C26H33F4NO3. The van der Waals surface area contributed by atoms with E-state index in [-0.39, 0.29) is 16.8 Å². The molecule has 0 amide bonds. The molecule has 188 valence electrons. The minimum atomic E-state index is -5.08. The zero-order chi connectivity index (χ0) is 25.2. The smallest absolute Gasteiger partial charge is 0.475 e. The fourth-order valence-electron chi connectivity index (χ4n) is 4.49. The highest BCUT2D eigenvalue weighted by atomic mass is 19.4. The second kappa shape index (κ2) is 12.3. The largest absolute Gasteiger partial charge is 0.490 e. The van der Waals surface area contributed by atoms with Gasteiger partial charge in [0.15, 0.2) is 0 Å². The molecule has 1 atom stereocenters. The number of aliphatic carboxylic acids is 1. The first-order valence-electron chi connectivity index (χ1n) is 11.5. The van der Waals surface area contributed by atoms with Crippen LogP contribution in [-0.2, 0) is 21.5 Å². The van der Waals surface area contributed by atoms with E-state index in [0.29, 0.717) is 0 Å². The molecule has 1 heterocycles. The third kappa shape index (κ3) is 7.81. The molecule has 0 aromatic heterocycles. The van der Waals surface area contributed by atoms with E-state index in [1.54, 1.807) is 12.1 Å². The Morgan fingerprint density at radius 2 is 1.65 bits per heavy atom. The van der Waals surface area contributed by atoms with Crippen LogP contribution >= 0.6 is 0 Å². The van der Waals surface area contributed by atoms with Gasteiger partial charge >= 0.3 is 12.1 Å². The molecular weight excluding hydrogens is 450 g/mol. The molecule has 1 aliphatic rings. The summed E-state index contributed by atoms with van der Waals surface area (Å²) in [4.78, 5) is 8.90. The van der Waals surface area contributed by atoms with Crippen LogP contribution in [0.15, 0.2) is 54.6 Å². The standard InChI is InChI=1S/C24H32FNO.C2HF3O2/c1-3-24(4-2)19-23(15-17-27-24,21-10-12-22(25)13-11-21)14-16-26-18-20-8-6-5-7-9-20;3-2(4,5)1(6)7/h5-13,26H,3-4,14-19H2,1-2H3;(H,6,7). The van der Waals surface area contributed by atoms with Crippen molar-refractivity contribution in [2.45, 2.75) is 69.7 Å². The molecule has 4 nitrogen and oxygen atoms in total. The lowest BCUT2D eigenvalue weighted by Gasteiger charge is -2.48. The number of hydrogen-bond acceptors (Lipinski definition) is 3. The van der Waals surface area contributed by atoms with Crippen molar-refractivity contribution in [1.82, 2.24) is 5.32 Å². The van der Waals surface area contributed by atoms with Crippen molar-refractivity contribution in [1.29, 1.82) is 0 Å². The second-order valence-corrected chi connectivity index (χ2v) is 8.67. The van der Waals surface area contributed by atoms with Gasteiger partial charge < -0.3 is 15.2 Å². The van der Waals surface area contributed by atoms with Crippen LogP contribution in [0.1, 0.15) is 57.1 Å². The van der Waals surface area contributed by atoms with Gasteiger partial charge in [-0.1, -0.05) is 56.3 Å². The maximum Gasteiger partial charge on any atom is 0.490 e. The zero-order valence-electron chi connectivity index (χ0n) is 19.6. The first kappa shape index (κ1) is 27.8. The van der Waals surface area contributed by atoms with Crippen molar-refractivity contribution in [3.63, 3.8) is 0 Å². The van der Waals surface area contributed by atoms with E-state index in [1.165, 1.54) is 11.1 Å². The molecule has 1 aliphatic heterocycles. The molecule has 1 unspecified atom stereocenters. The molecule has 1 fully saturated rings. The molecule has 0 radical (unpaired) electrons. The van der Waals surface area contributed by atoms with Gasteiger partial charge in [-0.2, -0.15) is 13.2 Å². The molecule has 2 aromatic rings. The van der Waals surface area contributed by atoms with Crippen molar-refractivity contribution in [2.24, 2.45) is 0 Å². The van der Waals surface area contributed by atoms with Gasteiger partial charge in [0.25, 0.3) is 0 Å². The maximum atomic E-state index is 13.5. The number of carboxylic acid groups (broad SMARTS) is 1. The van der Waals surface area contributed by atoms with Crippen molar-refractivity contribution >= 4 is 5.97 Å². The Hall–Kier alpha value is -2.45. The highest BCUT2D eigenvalue weighted by Gasteiger charge is 2.44. The second-order valence-electron chi connectivity index (χ2n) is 8.67. The molecule has 0 saturated carbocycles. The summed E-state index contributed by atoms with van der Waals surface area (Å²) in [7, 11) is 0. The Bertz CT molecular complexity index is 883. The number of rotatable bonds is 8. The third-order valence-corrected chi connectivity index (χ3v) is 6.59. The number of ether oxygens (including phenoxy) is 1. The Kier molecular flexibility index (Phi) is 10.1. The Labute approximate surface area is 198 Å². The van der Waals surface area contributed by atoms with Gasteiger partial charge in [-0.25, -0.2) is 9.18 Å². The van der Waals surface area contributed by atoms with E-state index in [9.17, 15) is 17.6 Å². The van der Waals surface area contributed by atoms with E-state index in [1.807, 2.05) is 18.2 Å². The van der Waals surface area contributed by atoms with Crippen LogP contribution in [0.4, 0.5) is 17.6 Å². The summed E-state index contributed by atoms with van der Waals surface area (Å²) in [5, 5.41) is 10.7. The van der Waals surface area contributed by atoms with Crippen LogP contribution in [-0.4, -0.2) is 36.0 Å². The number of carbonyl (C=O) groups is 1. The lowest BCUT2D eigenvalue weighted by Crippen LogP contribution is -2.48. The number of halogens is 4. The van der Waals surface area contributed by atoms with Gasteiger partial charge in [-0.05, 0) is 61.9 Å². The van der Waals surface area contributed by atoms with Crippen molar-refractivity contribution in [3.05, 3.63) is 71.5 Å². The fraction of sp³-hybridized carbons (Fsp3) is 0.500. The normalized spacial score (nSPS) is 19.7. The van der Waals surface area contributed by atoms with Crippen LogP contribution < -0.4 is 5.32 Å². The number of alkyl halides is 3. The van der Waals surface area contributed by atoms with E-state index in [2.05, 4.69) is 43.4 Å². The van der Waals surface area contributed by atoms with E-state index >= 15 is 0 Å². The molecule has 8 heteroatoms. The molecule has 0 aliphatic carbocycles. The van der Waals surface area contributed by atoms with E-state index in [4.69, 9.17) is 14.6 Å². The average molecular weight is 484 g/mol. The van der Waals surface area contributed by atoms with Crippen LogP contribution in [0.5, 0.6) is 0 Å². The Morgan fingerprint density at radius 3 is 2.18 bits per heavy atom. The van der Waals surface area contributed by atoms with Crippen molar-refractivity contribution < 1.29 is 32.2 Å². The molecule has 34 heavy (non-hydrogen) atoms. The highest BCUT2D eigenvalue weighted by Crippen LogP contribution is 2.46. The first-order chi connectivity index (χ1) is 16.1. The summed E-state index contributed by atoms with van der Waals surface area (Å²) in [6.07, 6.45) is -0.0105. The highest BCUT2D eigenvalue weighted by molar-refractivity contribution is 5.73. The van der Waals surface area contributed by atoms with Gasteiger partial charge in [-0.15, -0.1) is 0 Å². The number of carboxylic acids is 1. The molecule has 2 aromatic carbocycles. The predicted octanol–water partition coefficient (Wildman–Crippen LogP) is 6.25. The summed E-state index contributed by atoms with van der Waals surface area (Å²) in [5.74, 6) is -2.92. The molecule has 3 rings (SSSR count). The SMILES string of the molecule is CCC1(CC)CC(CCNCc2ccccc2)(c2ccc(F)cc2)CCO1.O=C(O)C(F)(F)F. The van der Waals surface area contributed by atoms with Gasteiger partial charge in [-0.3, -0.25) is 0 Å². The average Bonchev–Trinajstić information content (AvgIpc) is 2.83. The monoisotopic (exact) mass is 483 g/mol. The summed E-state index contributed by atoms with van der Waals surface area (Å²) < 4.78 is 51.5. The summed E-state index contributed by atoms with van der Waals surface area (Å²) >= 11 is 0. The topological polar surface area (TPSA) is 58.6 Å². The number of nitrogens with one attached hydrogen (secondary N) is 1. The lowest BCUT2D eigenvalue weighted by molar-refractivity contribution is -0.192. The fourth-order valence-corrected chi connectivity index (χ4v) is 4.49. The van der Waals surface area contributed by atoms with Gasteiger partial charge in [0.05, 0.1) is 5.60 Å².